The van der Waals surface area contributed by atoms with E-state index in [1.165, 1.54) is 11.8 Å². The number of carbonyl (C=O) groups excluding carboxylic acids is 2. The molecule has 25 heavy (non-hydrogen) atoms. The number of amides is 2. The molecular weight excluding hydrogens is 428 g/mol. The zero-order valence-corrected chi connectivity index (χ0v) is 17.3. The molecule has 1 heterocycles. The van der Waals surface area contributed by atoms with Gasteiger partial charge in [0.25, 0.3) is 0 Å². The lowest BCUT2D eigenvalue weighted by atomic mass is 10.1. The minimum Gasteiger partial charge on any atom is -0.273 e. The van der Waals surface area contributed by atoms with Crippen LogP contribution in [-0.4, -0.2) is 37.5 Å². The van der Waals surface area contributed by atoms with Crippen molar-refractivity contribution in [3.63, 3.8) is 0 Å². The highest BCUT2D eigenvalue weighted by Gasteiger charge is 2.29. The second kappa shape index (κ2) is 8.55. The average molecular weight is 449 g/mol. The van der Waals surface area contributed by atoms with Gasteiger partial charge in [0, 0.05) is 15.8 Å². The number of hydrazine groups is 1. The highest BCUT2D eigenvalue weighted by atomic mass is 79.9. The Morgan fingerprint density at radius 3 is 2.52 bits per heavy atom. The van der Waals surface area contributed by atoms with Gasteiger partial charge in [-0.15, -0.1) is 11.8 Å². The molecule has 1 aliphatic heterocycles. The summed E-state index contributed by atoms with van der Waals surface area (Å²) in [4.78, 5) is 24.7. The molecule has 0 radical (unpaired) electrons. The monoisotopic (exact) mass is 448 g/mol. The fourth-order valence-electron chi connectivity index (χ4n) is 2.57. The number of aryl methyl sites for hydroxylation is 2. The number of hydrogen-bond acceptors (Lipinski definition) is 5. The molecule has 0 spiro atoms. The summed E-state index contributed by atoms with van der Waals surface area (Å²) in [5.41, 5.74) is 6.89. The van der Waals surface area contributed by atoms with Gasteiger partial charge in [-0.2, -0.15) is 0 Å². The van der Waals surface area contributed by atoms with Gasteiger partial charge in [-0.25, -0.2) is 8.42 Å². The smallest absolute Gasteiger partial charge is 0.248 e. The summed E-state index contributed by atoms with van der Waals surface area (Å²) < 4.78 is 23.8. The van der Waals surface area contributed by atoms with Crippen LogP contribution in [0.15, 0.2) is 21.5 Å². The SMILES string of the molecule is Cc1cc(SCC(=O)NNC(=O)CC2CCS(=O)(=O)C2)c(C)cc1Br. The number of benzene rings is 1. The molecule has 2 rings (SSSR count). The van der Waals surface area contributed by atoms with Crippen molar-refractivity contribution in [3.8, 4) is 0 Å². The third kappa shape index (κ3) is 6.31. The first-order valence-corrected chi connectivity index (χ1v) is 11.4. The Hall–Kier alpha value is -1.06. The van der Waals surface area contributed by atoms with Crippen LogP contribution in [0.3, 0.4) is 0 Å². The van der Waals surface area contributed by atoms with Crippen molar-refractivity contribution in [2.45, 2.75) is 31.6 Å². The van der Waals surface area contributed by atoms with Crippen LogP contribution in [0, 0.1) is 19.8 Å². The molecule has 0 saturated carbocycles. The van der Waals surface area contributed by atoms with Crippen LogP contribution in [0.25, 0.3) is 0 Å². The van der Waals surface area contributed by atoms with Gasteiger partial charge in [-0.1, -0.05) is 15.9 Å². The van der Waals surface area contributed by atoms with Crippen LogP contribution in [0.4, 0.5) is 0 Å². The molecule has 2 N–H and O–H groups in total. The molecule has 1 aromatic carbocycles. The van der Waals surface area contributed by atoms with Gasteiger partial charge in [0.2, 0.25) is 11.8 Å². The lowest BCUT2D eigenvalue weighted by Crippen LogP contribution is -2.43. The van der Waals surface area contributed by atoms with Crippen molar-refractivity contribution < 1.29 is 18.0 Å². The normalized spacial score (nSPS) is 18.8. The van der Waals surface area contributed by atoms with Gasteiger partial charge >= 0.3 is 0 Å². The molecule has 1 aromatic rings. The van der Waals surface area contributed by atoms with Crippen LogP contribution in [-0.2, 0) is 19.4 Å². The summed E-state index contributed by atoms with van der Waals surface area (Å²) in [6.45, 7) is 3.96. The van der Waals surface area contributed by atoms with Gasteiger partial charge in [-0.3, -0.25) is 20.4 Å². The van der Waals surface area contributed by atoms with Gasteiger partial charge in [0.15, 0.2) is 9.84 Å². The number of hydrogen-bond donors (Lipinski definition) is 2. The Kier molecular flexibility index (Phi) is 6.93. The maximum Gasteiger partial charge on any atom is 0.248 e. The van der Waals surface area contributed by atoms with E-state index in [1.54, 1.807) is 0 Å². The molecule has 0 aromatic heterocycles. The number of carbonyl (C=O) groups is 2. The molecular formula is C16H21BrN2O4S2. The Morgan fingerprint density at radius 2 is 1.88 bits per heavy atom. The molecule has 9 heteroatoms. The third-order valence-corrected chi connectivity index (χ3v) is 7.81. The first-order valence-electron chi connectivity index (χ1n) is 7.84. The maximum atomic E-state index is 11.9. The second-order valence-electron chi connectivity index (χ2n) is 6.23. The van der Waals surface area contributed by atoms with Crippen molar-refractivity contribution >= 4 is 49.3 Å². The summed E-state index contributed by atoms with van der Waals surface area (Å²) in [6, 6.07) is 4.02. The van der Waals surface area contributed by atoms with Crippen molar-refractivity contribution in [1.82, 2.24) is 10.9 Å². The van der Waals surface area contributed by atoms with Crippen molar-refractivity contribution in [2.75, 3.05) is 17.3 Å². The van der Waals surface area contributed by atoms with Gasteiger partial charge < -0.3 is 0 Å². The summed E-state index contributed by atoms with van der Waals surface area (Å²) in [5, 5.41) is 0. The van der Waals surface area contributed by atoms with E-state index in [-0.39, 0.29) is 41.4 Å². The van der Waals surface area contributed by atoms with E-state index >= 15 is 0 Å². The lowest BCUT2D eigenvalue weighted by Gasteiger charge is -2.11. The molecule has 1 unspecified atom stereocenters. The van der Waals surface area contributed by atoms with E-state index in [0.717, 1.165) is 20.5 Å². The zero-order valence-electron chi connectivity index (χ0n) is 14.1. The van der Waals surface area contributed by atoms with Crippen LogP contribution in [0.5, 0.6) is 0 Å². The van der Waals surface area contributed by atoms with Crippen LogP contribution in [0.2, 0.25) is 0 Å². The molecule has 1 saturated heterocycles. The number of halogens is 1. The third-order valence-electron chi connectivity index (χ3n) is 3.96. The fourth-order valence-corrected chi connectivity index (χ4v) is 5.80. The van der Waals surface area contributed by atoms with E-state index in [0.29, 0.717) is 6.42 Å². The Bertz CT molecular complexity index is 781. The zero-order chi connectivity index (χ0) is 18.6. The first kappa shape index (κ1) is 20.3. The van der Waals surface area contributed by atoms with E-state index < -0.39 is 9.84 Å². The minimum atomic E-state index is -3.00. The summed E-state index contributed by atoms with van der Waals surface area (Å²) in [7, 11) is -3.00. The second-order valence-corrected chi connectivity index (χ2v) is 10.3. The van der Waals surface area contributed by atoms with Gasteiger partial charge in [0.05, 0.1) is 17.3 Å². The van der Waals surface area contributed by atoms with Crippen LogP contribution in [0.1, 0.15) is 24.0 Å². The summed E-state index contributed by atoms with van der Waals surface area (Å²) in [5.74, 6) is -0.468. The first-order chi connectivity index (χ1) is 11.7. The minimum absolute atomic E-state index is 0.0480. The largest absolute Gasteiger partial charge is 0.273 e. The summed E-state index contributed by atoms with van der Waals surface area (Å²) in [6.07, 6.45) is 0.611. The van der Waals surface area contributed by atoms with E-state index in [9.17, 15) is 18.0 Å². The van der Waals surface area contributed by atoms with Crippen molar-refractivity contribution in [1.29, 1.82) is 0 Å². The van der Waals surface area contributed by atoms with Gasteiger partial charge in [-0.05, 0) is 49.4 Å². The maximum absolute atomic E-state index is 11.9. The number of thioether (sulfide) groups is 1. The van der Waals surface area contributed by atoms with Crippen LogP contribution >= 0.6 is 27.7 Å². The molecule has 138 valence electrons. The average Bonchev–Trinajstić information content (AvgIpc) is 2.86. The predicted octanol–water partition coefficient (Wildman–Crippen LogP) is 2.13. The Morgan fingerprint density at radius 1 is 1.20 bits per heavy atom. The number of rotatable bonds is 5. The van der Waals surface area contributed by atoms with E-state index in [4.69, 9.17) is 0 Å². The standard InChI is InChI=1S/C16H21BrN2O4S2/c1-10-6-14(11(2)5-13(10)17)24-8-16(21)19-18-15(20)7-12-3-4-25(22,23)9-12/h5-6,12H,3-4,7-9H2,1-2H3,(H,18,20)(H,19,21). The highest BCUT2D eigenvalue weighted by molar-refractivity contribution is 9.10. The molecule has 0 aliphatic carbocycles. The topological polar surface area (TPSA) is 92.3 Å². The number of sulfone groups is 1. The Balaban J connectivity index is 1.74. The predicted molar refractivity (Wildman–Crippen MR) is 102 cm³/mol. The molecule has 0 bridgehead atoms. The lowest BCUT2D eigenvalue weighted by molar-refractivity contribution is -0.128. The summed E-state index contributed by atoms with van der Waals surface area (Å²) >= 11 is 4.87. The fraction of sp³-hybridized carbons (Fsp3) is 0.500. The van der Waals surface area contributed by atoms with Gasteiger partial charge in [0.1, 0.15) is 0 Å². The van der Waals surface area contributed by atoms with Crippen molar-refractivity contribution in [3.05, 3.63) is 27.7 Å². The quantitative estimate of drug-likeness (QED) is 0.531. The van der Waals surface area contributed by atoms with E-state index in [2.05, 4.69) is 26.8 Å². The Labute approximate surface area is 160 Å². The van der Waals surface area contributed by atoms with E-state index in [1.807, 2.05) is 26.0 Å². The molecule has 1 aliphatic rings. The van der Waals surface area contributed by atoms with Crippen molar-refractivity contribution in [2.24, 2.45) is 5.92 Å². The number of nitrogens with one attached hydrogen (secondary N) is 2. The highest BCUT2D eigenvalue weighted by Crippen LogP contribution is 2.28. The molecule has 1 atom stereocenters. The molecule has 2 amide bonds. The molecule has 6 nitrogen and oxygen atoms in total. The molecule has 1 fully saturated rings. The van der Waals surface area contributed by atoms with Crippen LogP contribution < -0.4 is 10.9 Å².